The van der Waals surface area contributed by atoms with E-state index in [1.807, 2.05) is 6.08 Å². The number of esters is 1. The molecule has 0 bridgehead atoms. The Hall–Kier alpha value is -1.25. The number of unbranched alkanes of at least 4 members (excludes halogenated alkanes) is 1. The van der Waals surface area contributed by atoms with E-state index in [9.17, 15) is 4.79 Å². The van der Waals surface area contributed by atoms with Crippen LogP contribution in [0.1, 0.15) is 26.2 Å². The van der Waals surface area contributed by atoms with Crippen LogP contribution in [0.25, 0.3) is 0 Å². The van der Waals surface area contributed by atoms with Gasteiger partial charge in [-0.1, -0.05) is 19.9 Å². The van der Waals surface area contributed by atoms with Crippen molar-refractivity contribution in [1.82, 2.24) is 0 Å². The summed E-state index contributed by atoms with van der Waals surface area (Å²) >= 11 is 0. The largest absolute Gasteiger partial charge is 0.501 e. The zero-order chi connectivity index (χ0) is 10.6. The van der Waals surface area contributed by atoms with Crippen LogP contribution in [0.3, 0.4) is 0 Å². The maximum Gasteiger partial charge on any atom is 0.330 e. The first kappa shape index (κ1) is 12.8. The Morgan fingerprint density at radius 2 is 2.21 bits per heavy atom. The molecule has 0 fully saturated rings. The van der Waals surface area contributed by atoms with E-state index in [4.69, 9.17) is 9.47 Å². The molecule has 0 aliphatic carbocycles. The maximum atomic E-state index is 10.6. The molecule has 0 aliphatic heterocycles. The molecule has 14 heavy (non-hydrogen) atoms. The number of hydrogen-bond donors (Lipinski definition) is 0. The minimum absolute atomic E-state index is 0.381. The second-order valence-corrected chi connectivity index (χ2v) is 2.76. The molecule has 0 heterocycles. The molecule has 0 spiro atoms. The fourth-order valence-electron chi connectivity index (χ4n) is 0.745. The summed E-state index contributed by atoms with van der Waals surface area (Å²) in [5, 5.41) is 0. The number of carbonyl (C=O) groups is 1. The molecule has 0 aromatic carbocycles. The topological polar surface area (TPSA) is 35.5 Å². The summed E-state index contributed by atoms with van der Waals surface area (Å²) in [5.74, 6) is -0.383. The van der Waals surface area contributed by atoms with Gasteiger partial charge in [0.25, 0.3) is 0 Å². The molecule has 0 rings (SSSR count). The van der Waals surface area contributed by atoms with Crippen molar-refractivity contribution in [3.05, 3.63) is 25.0 Å². The molecule has 3 nitrogen and oxygen atoms in total. The Bertz CT molecular complexity index is 185. The van der Waals surface area contributed by atoms with Crippen LogP contribution in [0.2, 0.25) is 0 Å². The minimum atomic E-state index is -0.383. The van der Waals surface area contributed by atoms with Crippen LogP contribution < -0.4 is 0 Å². The van der Waals surface area contributed by atoms with Gasteiger partial charge in [-0.2, -0.15) is 0 Å². The van der Waals surface area contributed by atoms with Gasteiger partial charge in [0, 0.05) is 12.5 Å². The Morgan fingerprint density at radius 3 is 2.86 bits per heavy atom. The predicted octanol–water partition coefficient (Wildman–Crippen LogP) is 2.44. The van der Waals surface area contributed by atoms with Gasteiger partial charge in [-0.3, -0.25) is 0 Å². The van der Waals surface area contributed by atoms with Gasteiger partial charge in [0.15, 0.2) is 0 Å². The van der Waals surface area contributed by atoms with Gasteiger partial charge in [0.1, 0.15) is 0 Å². The van der Waals surface area contributed by atoms with Crippen LogP contribution >= 0.6 is 0 Å². The minimum Gasteiger partial charge on any atom is -0.501 e. The van der Waals surface area contributed by atoms with Gasteiger partial charge in [-0.15, -0.1) is 0 Å². The van der Waals surface area contributed by atoms with Gasteiger partial charge in [-0.05, 0) is 12.5 Å². The van der Waals surface area contributed by atoms with Crippen molar-refractivity contribution in [3.8, 4) is 0 Å². The highest BCUT2D eigenvalue weighted by Gasteiger charge is 1.93. The van der Waals surface area contributed by atoms with Crippen LogP contribution in [0.4, 0.5) is 0 Å². The lowest BCUT2D eigenvalue weighted by atomic mass is 10.3. The number of rotatable bonds is 8. The highest BCUT2D eigenvalue weighted by molar-refractivity contribution is 5.81. The summed E-state index contributed by atoms with van der Waals surface area (Å²) in [5.41, 5.74) is 0. The molecular formula is C11H18O3. The summed E-state index contributed by atoms with van der Waals surface area (Å²) < 4.78 is 9.91. The van der Waals surface area contributed by atoms with E-state index >= 15 is 0 Å². The van der Waals surface area contributed by atoms with Crippen LogP contribution in [-0.4, -0.2) is 19.2 Å². The lowest BCUT2D eigenvalue weighted by Gasteiger charge is -2.01. The second kappa shape index (κ2) is 9.84. The first-order valence-corrected chi connectivity index (χ1v) is 4.87. The Balaban J connectivity index is 3.13. The summed E-state index contributed by atoms with van der Waals surface area (Å²) in [4.78, 5) is 10.6. The molecule has 0 saturated carbocycles. The molecular weight excluding hydrogens is 180 g/mol. The number of ether oxygens (including phenoxy) is 2. The van der Waals surface area contributed by atoms with E-state index < -0.39 is 0 Å². The van der Waals surface area contributed by atoms with Gasteiger partial charge >= 0.3 is 5.97 Å². The molecule has 0 aliphatic rings. The van der Waals surface area contributed by atoms with E-state index in [1.165, 1.54) is 0 Å². The van der Waals surface area contributed by atoms with Crippen molar-refractivity contribution in [2.45, 2.75) is 26.2 Å². The number of allylic oxidation sites excluding steroid dienone is 1. The van der Waals surface area contributed by atoms with Crippen molar-refractivity contribution >= 4 is 5.97 Å². The molecule has 0 aromatic rings. The molecule has 0 radical (unpaired) electrons. The average molecular weight is 198 g/mol. The van der Waals surface area contributed by atoms with Crippen molar-refractivity contribution < 1.29 is 14.3 Å². The third-order valence-corrected chi connectivity index (χ3v) is 1.47. The van der Waals surface area contributed by atoms with Crippen LogP contribution in [0.15, 0.2) is 25.0 Å². The van der Waals surface area contributed by atoms with Gasteiger partial charge in [0.05, 0.1) is 19.5 Å². The van der Waals surface area contributed by atoms with E-state index in [1.54, 1.807) is 6.26 Å². The number of hydrogen-bond acceptors (Lipinski definition) is 3. The van der Waals surface area contributed by atoms with E-state index in [2.05, 4.69) is 13.5 Å². The predicted molar refractivity (Wildman–Crippen MR) is 55.8 cm³/mol. The maximum absolute atomic E-state index is 10.6. The van der Waals surface area contributed by atoms with Gasteiger partial charge in [-0.25, -0.2) is 4.79 Å². The fourth-order valence-corrected chi connectivity index (χ4v) is 0.745. The molecule has 0 N–H and O–H groups in total. The van der Waals surface area contributed by atoms with E-state index in [-0.39, 0.29) is 5.97 Å². The van der Waals surface area contributed by atoms with E-state index in [0.29, 0.717) is 19.6 Å². The van der Waals surface area contributed by atoms with Crippen LogP contribution in [0.5, 0.6) is 0 Å². The second-order valence-electron chi connectivity index (χ2n) is 2.76. The van der Waals surface area contributed by atoms with Crippen molar-refractivity contribution in [2.75, 3.05) is 13.2 Å². The summed E-state index contributed by atoms with van der Waals surface area (Å²) in [7, 11) is 0. The summed E-state index contributed by atoms with van der Waals surface area (Å²) in [6.45, 7) is 6.36. The zero-order valence-corrected chi connectivity index (χ0v) is 8.70. The lowest BCUT2D eigenvalue weighted by molar-refractivity contribution is -0.138. The fraction of sp³-hybridized carbons (Fsp3) is 0.545. The van der Waals surface area contributed by atoms with Crippen LogP contribution in [0, 0.1) is 0 Å². The number of carbonyl (C=O) groups excluding carboxylic acids is 1. The SMILES string of the molecule is C=CC(=O)OCCCOC=CCCC. The molecule has 0 unspecified atom stereocenters. The van der Waals surface area contributed by atoms with Gasteiger partial charge < -0.3 is 9.47 Å². The van der Waals surface area contributed by atoms with E-state index in [0.717, 1.165) is 18.9 Å². The van der Waals surface area contributed by atoms with Crippen LogP contribution in [-0.2, 0) is 14.3 Å². The highest BCUT2D eigenvalue weighted by Crippen LogP contribution is 1.91. The molecule has 3 heteroatoms. The van der Waals surface area contributed by atoms with Crippen molar-refractivity contribution in [1.29, 1.82) is 0 Å². The molecule has 0 saturated heterocycles. The molecule has 80 valence electrons. The Kier molecular flexibility index (Phi) is 8.96. The quantitative estimate of drug-likeness (QED) is 0.260. The molecule has 0 aromatic heterocycles. The Morgan fingerprint density at radius 1 is 1.43 bits per heavy atom. The summed E-state index contributed by atoms with van der Waals surface area (Å²) in [6.07, 6.45) is 7.69. The van der Waals surface area contributed by atoms with Crippen molar-refractivity contribution in [2.24, 2.45) is 0 Å². The first-order chi connectivity index (χ1) is 6.81. The molecule has 0 amide bonds. The summed E-state index contributed by atoms with van der Waals surface area (Å²) in [6, 6.07) is 0. The highest BCUT2D eigenvalue weighted by atomic mass is 16.5. The Labute approximate surface area is 85.4 Å². The third kappa shape index (κ3) is 8.84. The average Bonchev–Trinajstić information content (AvgIpc) is 2.21. The standard InChI is InChI=1S/C11H18O3/c1-3-5-6-8-13-9-7-10-14-11(12)4-2/h4,6,8H,2-3,5,7,9-10H2,1H3. The first-order valence-electron chi connectivity index (χ1n) is 4.87. The molecule has 0 atom stereocenters. The lowest BCUT2D eigenvalue weighted by Crippen LogP contribution is -2.03. The smallest absolute Gasteiger partial charge is 0.330 e. The normalized spacial score (nSPS) is 10.1. The monoisotopic (exact) mass is 198 g/mol. The zero-order valence-electron chi connectivity index (χ0n) is 8.70. The third-order valence-electron chi connectivity index (χ3n) is 1.47. The van der Waals surface area contributed by atoms with Crippen molar-refractivity contribution in [3.63, 3.8) is 0 Å². The van der Waals surface area contributed by atoms with Gasteiger partial charge in [0.2, 0.25) is 0 Å².